The van der Waals surface area contributed by atoms with Gasteiger partial charge in [0.2, 0.25) is 5.69 Å². The van der Waals surface area contributed by atoms with Crippen LogP contribution in [0.3, 0.4) is 0 Å². The Morgan fingerprint density at radius 1 is 1.04 bits per heavy atom. The molecule has 2 N–H and O–H groups in total. The Kier molecular flexibility index (Phi) is 13.6. The Balaban J connectivity index is 1.29. The van der Waals surface area contributed by atoms with Crippen molar-refractivity contribution in [3.63, 3.8) is 0 Å². The molecule has 1 unspecified atom stereocenters. The number of phosphoric acid groups is 1. The number of ether oxygens (including phenoxy) is 1. The zero-order valence-electron chi connectivity index (χ0n) is 26.1. The standard InChI is InChI=1S/C33H41Cl2N2O7P/c1-6-23(3)32(39)24-16-17-27(31(35)30(24)34)42-22-29(38)36-18-12-8-9-13-20-43-45(40,41)44-21-19-37-26-15-11-10-14-25(26)33(4,5)28(37)7-2/h7,10-11,14-17H,2-3,6,8-9,12-13,18-22H2,1,4-5H3,(H-,36,38,40,41)/p+1. The third kappa shape index (κ3) is 9.61. The van der Waals surface area contributed by atoms with E-state index in [1.54, 1.807) is 0 Å². The van der Waals surface area contributed by atoms with E-state index in [-0.39, 0.29) is 58.3 Å². The van der Waals surface area contributed by atoms with E-state index in [9.17, 15) is 19.0 Å². The minimum absolute atomic E-state index is 0.0122. The van der Waals surface area contributed by atoms with E-state index < -0.39 is 7.82 Å². The number of rotatable bonds is 19. The van der Waals surface area contributed by atoms with Crippen molar-refractivity contribution in [2.45, 2.75) is 58.3 Å². The lowest BCUT2D eigenvalue weighted by Crippen LogP contribution is -2.29. The van der Waals surface area contributed by atoms with Gasteiger partial charge in [0.1, 0.15) is 17.4 Å². The zero-order valence-corrected chi connectivity index (χ0v) is 28.5. The number of carbonyl (C=O) groups is 2. The topological polar surface area (TPSA) is 114 Å². The number of benzene rings is 2. The predicted octanol–water partition coefficient (Wildman–Crippen LogP) is 7.59. The third-order valence-corrected chi connectivity index (χ3v) is 9.49. The van der Waals surface area contributed by atoms with E-state index in [2.05, 4.69) is 43.0 Å². The average Bonchev–Trinajstić information content (AvgIpc) is 3.23. The molecule has 0 aliphatic carbocycles. The van der Waals surface area contributed by atoms with Gasteiger partial charge in [0, 0.05) is 23.7 Å². The molecule has 0 bridgehead atoms. The van der Waals surface area contributed by atoms with E-state index in [0.717, 1.165) is 24.2 Å². The SMILES string of the molecule is C=CC1=[N+](CCOP(=O)(O)OCCCCCCNC(=O)COc2ccc(C(=O)C(=C)CC)c(Cl)c2Cl)c2ccccc2C1(C)C. The first-order valence-electron chi connectivity index (χ1n) is 14.9. The van der Waals surface area contributed by atoms with Gasteiger partial charge in [0.25, 0.3) is 5.91 Å². The van der Waals surface area contributed by atoms with Crippen molar-refractivity contribution in [1.82, 2.24) is 5.32 Å². The van der Waals surface area contributed by atoms with Crippen molar-refractivity contribution in [3.05, 3.63) is 82.4 Å². The van der Waals surface area contributed by atoms with Gasteiger partial charge in [-0.2, -0.15) is 4.58 Å². The minimum atomic E-state index is -4.19. The summed E-state index contributed by atoms with van der Waals surface area (Å²) < 4.78 is 30.3. The molecule has 0 fully saturated rings. The maximum Gasteiger partial charge on any atom is 0.472 e. The number of allylic oxidation sites excluding steroid dienone is 2. The second kappa shape index (κ2) is 16.7. The lowest BCUT2D eigenvalue weighted by atomic mass is 9.82. The summed E-state index contributed by atoms with van der Waals surface area (Å²) in [6.45, 7) is 14.4. The third-order valence-electron chi connectivity index (χ3n) is 7.61. The van der Waals surface area contributed by atoms with Crippen molar-refractivity contribution < 1.29 is 37.4 Å². The first-order chi connectivity index (χ1) is 21.3. The van der Waals surface area contributed by atoms with Crippen LogP contribution in [0.25, 0.3) is 0 Å². The first-order valence-corrected chi connectivity index (χ1v) is 17.2. The summed E-state index contributed by atoms with van der Waals surface area (Å²) in [5, 5.41) is 2.88. The highest BCUT2D eigenvalue weighted by Crippen LogP contribution is 2.44. The molecule has 0 aromatic heterocycles. The highest BCUT2D eigenvalue weighted by Gasteiger charge is 2.43. The average molecular weight is 681 g/mol. The molecule has 1 heterocycles. The molecule has 0 radical (unpaired) electrons. The zero-order chi connectivity index (χ0) is 33.2. The van der Waals surface area contributed by atoms with Gasteiger partial charge in [0.05, 0.1) is 17.0 Å². The molecule has 1 atom stereocenters. The monoisotopic (exact) mass is 679 g/mol. The Labute approximate surface area is 275 Å². The number of nitrogens with one attached hydrogen (secondary N) is 1. The van der Waals surface area contributed by atoms with E-state index >= 15 is 0 Å². The number of Topliss-reactive ketones (excluding diaryl/α,β-unsaturated/α-hetero) is 1. The molecule has 2 aromatic rings. The molecule has 45 heavy (non-hydrogen) atoms. The van der Waals surface area contributed by atoms with Gasteiger partial charge < -0.3 is 14.9 Å². The molecule has 2 aromatic carbocycles. The van der Waals surface area contributed by atoms with Crippen LogP contribution >= 0.6 is 31.0 Å². The summed E-state index contributed by atoms with van der Waals surface area (Å²) in [5.41, 5.74) is 3.64. The molecule has 12 heteroatoms. The van der Waals surface area contributed by atoms with Crippen LogP contribution < -0.4 is 10.1 Å². The fraction of sp³-hybridized carbons (Fsp3) is 0.424. The molecule has 1 aliphatic rings. The quantitative estimate of drug-likeness (QED) is 0.0517. The summed E-state index contributed by atoms with van der Waals surface area (Å²) >= 11 is 12.5. The van der Waals surface area contributed by atoms with Crippen molar-refractivity contribution in [2.75, 3.05) is 32.9 Å². The number of halogens is 2. The Hall–Kier alpha value is -2.78. The number of fused-ring (bicyclic) bond motifs is 1. The second-order valence-corrected chi connectivity index (χ2v) is 13.3. The molecular weight excluding hydrogens is 638 g/mol. The Bertz CT molecular complexity index is 1510. The lowest BCUT2D eigenvalue weighted by molar-refractivity contribution is -0.440. The number of hydrogen-bond donors (Lipinski definition) is 2. The predicted molar refractivity (Wildman–Crippen MR) is 178 cm³/mol. The Morgan fingerprint density at radius 3 is 2.44 bits per heavy atom. The number of unbranched alkanes of at least 4 members (excludes halogenated alkanes) is 3. The van der Waals surface area contributed by atoms with E-state index in [1.807, 2.05) is 31.2 Å². The van der Waals surface area contributed by atoms with Crippen LogP contribution in [0.4, 0.5) is 5.69 Å². The van der Waals surface area contributed by atoms with Gasteiger partial charge in [-0.25, -0.2) is 4.57 Å². The van der Waals surface area contributed by atoms with Crippen LogP contribution in [0.5, 0.6) is 5.75 Å². The molecule has 3 rings (SSSR count). The first kappa shape index (κ1) is 36.7. The number of carbonyl (C=O) groups excluding carboxylic acids is 2. The van der Waals surface area contributed by atoms with E-state index in [4.69, 9.17) is 37.0 Å². The minimum Gasteiger partial charge on any atom is -0.482 e. The normalized spacial score (nSPS) is 14.9. The second-order valence-electron chi connectivity index (χ2n) is 11.1. The number of nitrogens with zero attached hydrogens (tertiary/aromatic N) is 1. The number of hydrogen-bond acceptors (Lipinski definition) is 6. The Morgan fingerprint density at radius 2 is 1.73 bits per heavy atom. The van der Waals surface area contributed by atoms with Crippen LogP contribution in [-0.4, -0.2) is 59.8 Å². The fourth-order valence-electron chi connectivity index (χ4n) is 5.09. The van der Waals surface area contributed by atoms with E-state index in [1.165, 1.54) is 17.7 Å². The van der Waals surface area contributed by atoms with Gasteiger partial charge in [-0.3, -0.25) is 18.6 Å². The van der Waals surface area contributed by atoms with Crippen LogP contribution in [-0.2, 0) is 23.8 Å². The van der Waals surface area contributed by atoms with Crippen molar-refractivity contribution in [3.8, 4) is 5.75 Å². The van der Waals surface area contributed by atoms with Gasteiger partial charge >= 0.3 is 7.82 Å². The van der Waals surface area contributed by atoms with Crippen LogP contribution in [0, 0.1) is 0 Å². The molecular formula is C33H42Cl2N2O7P+. The van der Waals surface area contributed by atoms with Gasteiger partial charge in [-0.05, 0) is 56.9 Å². The highest BCUT2D eigenvalue weighted by atomic mass is 35.5. The molecule has 9 nitrogen and oxygen atoms in total. The van der Waals surface area contributed by atoms with Crippen molar-refractivity contribution in [1.29, 1.82) is 0 Å². The molecule has 244 valence electrons. The summed E-state index contributed by atoms with van der Waals surface area (Å²) in [4.78, 5) is 34.7. The summed E-state index contributed by atoms with van der Waals surface area (Å²) in [7, 11) is -4.19. The summed E-state index contributed by atoms with van der Waals surface area (Å²) in [5.74, 6) is -0.419. The van der Waals surface area contributed by atoms with Crippen molar-refractivity contribution >= 4 is 54.1 Å². The van der Waals surface area contributed by atoms with Crippen LogP contribution in [0.1, 0.15) is 68.8 Å². The van der Waals surface area contributed by atoms with Gasteiger partial charge in [-0.1, -0.05) is 74.3 Å². The summed E-state index contributed by atoms with van der Waals surface area (Å²) in [6, 6.07) is 11.1. The van der Waals surface area contributed by atoms with Crippen molar-refractivity contribution in [2.24, 2.45) is 0 Å². The maximum atomic E-state index is 12.4. The highest BCUT2D eigenvalue weighted by molar-refractivity contribution is 7.47. The van der Waals surface area contributed by atoms with Crippen LogP contribution in [0.2, 0.25) is 10.0 Å². The maximum absolute atomic E-state index is 12.4. The molecule has 0 saturated heterocycles. The number of amides is 1. The number of ketones is 1. The molecule has 0 spiro atoms. The van der Waals surface area contributed by atoms with E-state index in [0.29, 0.717) is 37.9 Å². The molecule has 1 amide bonds. The smallest absolute Gasteiger partial charge is 0.472 e. The largest absolute Gasteiger partial charge is 0.482 e. The molecule has 0 saturated carbocycles. The lowest BCUT2D eigenvalue weighted by Gasteiger charge is -2.15. The van der Waals surface area contributed by atoms with Gasteiger partial charge in [0.15, 0.2) is 24.6 Å². The van der Waals surface area contributed by atoms with Gasteiger partial charge in [-0.15, -0.1) is 0 Å². The number of para-hydroxylation sites is 1. The fourth-order valence-corrected chi connectivity index (χ4v) is 6.29. The number of phosphoric ester groups is 1. The van der Waals surface area contributed by atoms with Crippen LogP contribution in [0.15, 0.2) is 61.2 Å². The molecule has 1 aliphatic heterocycles. The summed E-state index contributed by atoms with van der Waals surface area (Å²) in [6.07, 6.45) is 5.11.